The normalized spacial score (nSPS) is 15.8. The maximum Gasteiger partial charge on any atom is 0.256 e. The molecule has 1 aromatic rings. The molecule has 4 heteroatoms. The molecule has 1 aliphatic heterocycles. The first-order chi connectivity index (χ1) is 9.74. The summed E-state index contributed by atoms with van der Waals surface area (Å²) in [5, 5.41) is 3.04. The van der Waals surface area contributed by atoms with Crippen molar-refractivity contribution in [3.8, 4) is 0 Å². The van der Waals surface area contributed by atoms with Gasteiger partial charge in [0.25, 0.3) is 5.91 Å². The molecule has 1 fully saturated rings. The van der Waals surface area contributed by atoms with Gasteiger partial charge < -0.3 is 10.2 Å². The molecule has 0 bridgehead atoms. The highest BCUT2D eigenvalue weighted by Crippen LogP contribution is 2.23. The zero-order chi connectivity index (χ0) is 14.4. The second-order valence-corrected chi connectivity index (χ2v) is 5.30. The van der Waals surface area contributed by atoms with Crippen LogP contribution in [0.2, 0.25) is 0 Å². The third kappa shape index (κ3) is 3.50. The van der Waals surface area contributed by atoms with Gasteiger partial charge in [0.05, 0.1) is 11.3 Å². The van der Waals surface area contributed by atoms with Gasteiger partial charge in [-0.15, -0.1) is 0 Å². The Morgan fingerprint density at radius 1 is 1.25 bits per heavy atom. The molecule has 0 atom stereocenters. The van der Waals surface area contributed by atoms with Crippen LogP contribution < -0.4 is 5.32 Å². The number of halogens is 1. The molecule has 0 aliphatic carbocycles. The maximum atomic E-state index is 13.9. The van der Waals surface area contributed by atoms with Gasteiger partial charge in [-0.2, -0.15) is 0 Å². The minimum absolute atomic E-state index is 0.0509. The van der Waals surface area contributed by atoms with E-state index in [-0.39, 0.29) is 11.7 Å². The molecule has 0 aromatic heterocycles. The topological polar surface area (TPSA) is 32.3 Å². The van der Waals surface area contributed by atoms with Gasteiger partial charge >= 0.3 is 0 Å². The summed E-state index contributed by atoms with van der Waals surface area (Å²) in [6, 6.07) is 4.73. The number of carbonyl (C=O) groups is 1. The zero-order valence-corrected chi connectivity index (χ0v) is 12.1. The van der Waals surface area contributed by atoms with Gasteiger partial charge in [0.15, 0.2) is 0 Å². The van der Waals surface area contributed by atoms with Crippen molar-refractivity contribution in [1.29, 1.82) is 0 Å². The molecule has 1 heterocycles. The minimum Gasteiger partial charge on any atom is -0.382 e. The van der Waals surface area contributed by atoms with E-state index in [4.69, 9.17) is 0 Å². The van der Waals surface area contributed by atoms with Crippen LogP contribution >= 0.6 is 0 Å². The smallest absolute Gasteiger partial charge is 0.256 e. The van der Waals surface area contributed by atoms with Gasteiger partial charge in [-0.3, -0.25) is 4.79 Å². The SMILES string of the molecule is CCCNc1c(F)cccc1C(=O)N1CCCCCC1. The van der Waals surface area contributed by atoms with Crippen molar-refractivity contribution in [2.24, 2.45) is 0 Å². The third-order valence-corrected chi connectivity index (χ3v) is 3.69. The number of hydrogen-bond acceptors (Lipinski definition) is 2. The van der Waals surface area contributed by atoms with Crippen molar-refractivity contribution in [2.75, 3.05) is 25.0 Å². The fraction of sp³-hybridized carbons (Fsp3) is 0.562. The Morgan fingerprint density at radius 2 is 1.95 bits per heavy atom. The molecule has 20 heavy (non-hydrogen) atoms. The highest BCUT2D eigenvalue weighted by Gasteiger charge is 2.21. The highest BCUT2D eigenvalue weighted by molar-refractivity contribution is 5.99. The molecule has 1 N–H and O–H groups in total. The van der Waals surface area contributed by atoms with E-state index in [1.807, 2.05) is 11.8 Å². The van der Waals surface area contributed by atoms with E-state index >= 15 is 0 Å². The first-order valence-corrected chi connectivity index (χ1v) is 7.55. The Morgan fingerprint density at radius 3 is 2.60 bits per heavy atom. The molecule has 110 valence electrons. The van der Waals surface area contributed by atoms with E-state index < -0.39 is 0 Å². The van der Waals surface area contributed by atoms with E-state index in [9.17, 15) is 9.18 Å². The number of carbonyl (C=O) groups excluding carboxylic acids is 1. The Hall–Kier alpha value is -1.58. The lowest BCUT2D eigenvalue weighted by molar-refractivity contribution is 0.0762. The standard InChI is InChI=1S/C16H23FN2O/c1-2-10-18-15-13(8-7-9-14(15)17)16(20)19-11-5-3-4-6-12-19/h7-9,18H,2-6,10-12H2,1H3. The fourth-order valence-corrected chi connectivity index (χ4v) is 2.58. The zero-order valence-electron chi connectivity index (χ0n) is 12.1. The van der Waals surface area contributed by atoms with Crippen molar-refractivity contribution >= 4 is 11.6 Å². The molecule has 0 spiro atoms. The summed E-state index contributed by atoms with van der Waals surface area (Å²) in [5.41, 5.74) is 0.809. The van der Waals surface area contributed by atoms with E-state index in [1.165, 1.54) is 18.9 Å². The number of nitrogens with zero attached hydrogens (tertiary/aromatic N) is 1. The molecule has 2 rings (SSSR count). The van der Waals surface area contributed by atoms with Crippen molar-refractivity contribution in [3.05, 3.63) is 29.6 Å². The van der Waals surface area contributed by atoms with Crippen molar-refractivity contribution < 1.29 is 9.18 Å². The van der Waals surface area contributed by atoms with Crippen LogP contribution in [-0.4, -0.2) is 30.4 Å². The Labute approximate surface area is 120 Å². The summed E-state index contributed by atoms with van der Waals surface area (Å²) < 4.78 is 13.9. The second-order valence-electron chi connectivity index (χ2n) is 5.30. The monoisotopic (exact) mass is 278 g/mol. The van der Waals surface area contributed by atoms with Gasteiger partial charge in [0.1, 0.15) is 5.82 Å². The average Bonchev–Trinajstić information content (AvgIpc) is 2.74. The van der Waals surface area contributed by atoms with Crippen LogP contribution in [0.25, 0.3) is 0 Å². The molecule has 1 aromatic carbocycles. The van der Waals surface area contributed by atoms with Gasteiger partial charge in [-0.1, -0.05) is 25.8 Å². The van der Waals surface area contributed by atoms with Crippen LogP contribution in [0, 0.1) is 5.82 Å². The van der Waals surface area contributed by atoms with Crippen molar-refractivity contribution in [1.82, 2.24) is 4.90 Å². The molecule has 1 aliphatic rings. The number of anilines is 1. The van der Waals surface area contributed by atoms with Gasteiger partial charge in [-0.25, -0.2) is 4.39 Å². The van der Waals surface area contributed by atoms with E-state index in [0.717, 1.165) is 32.4 Å². The third-order valence-electron chi connectivity index (χ3n) is 3.69. The van der Waals surface area contributed by atoms with Crippen LogP contribution in [0.5, 0.6) is 0 Å². The number of nitrogens with one attached hydrogen (secondary N) is 1. The molecular formula is C16H23FN2O. The van der Waals surface area contributed by atoms with Crippen LogP contribution in [-0.2, 0) is 0 Å². The summed E-state index contributed by atoms with van der Waals surface area (Å²) in [6.45, 7) is 4.25. The van der Waals surface area contributed by atoms with Gasteiger partial charge in [-0.05, 0) is 31.4 Å². The Kier molecular flexibility index (Phi) is 5.39. The summed E-state index contributed by atoms with van der Waals surface area (Å²) in [5.74, 6) is -0.399. The number of rotatable bonds is 4. The fourth-order valence-electron chi connectivity index (χ4n) is 2.58. The van der Waals surface area contributed by atoms with E-state index in [0.29, 0.717) is 17.8 Å². The second kappa shape index (κ2) is 7.27. The molecule has 3 nitrogen and oxygen atoms in total. The van der Waals surface area contributed by atoms with Crippen molar-refractivity contribution in [2.45, 2.75) is 39.0 Å². The predicted octanol–water partition coefficient (Wildman–Crippen LogP) is 3.66. The Bertz CT molecular complexity index is 454. The summed E-state index contributed by atoms with van der Waals surface area (Å²) in [7, 11) is 0. The number of para-hydroxylation sites is 1. The minimum atomic E-state index is -0.348. The summed E-state index contributed by atoms with van der Waals surface area (Å²) in [6.07, 6.45) is 5.32. The number of benzene rings is 1. The van der Waals surface area contributed by atoms with E-state index in [1.54, 1.807) is 12.1 Å². The van der Waals surface area contributed by atoms with Crippen molar-refractivity contribution in [3.63, 3.8) is 0 Å². The van der Waals surface area contributed by atoms with E-state index in [2.05, 4.69) is 5.32 Å². The largest absolute Gasteiger partial charge is 0.382 e. The summed E-state index contributed by atoms with van der Waals surface area (Å²) in [4.78, 5) is 14.5. The predicted molar refractivity (Wildman–Crippen MR) is 79.6 cm³/mol. The lowest BCUT2D eigenvalue weighted by atomic mass is 10.1. The molecule has 0 unspecified atom stereocenters. The van der Waals surface area contributed by atoms with Crippen LogP contribution in [0.15, 0.2) is 18.2 Å². The summed E-state index contributed by atoms with van der Waals surface area (Å²) >= 11 is 0. The van der Waals surface area contributed by atoms with Crippen LogP contribution in [0.1, 0.15) is 49.4 Å². The number of hydrogen-bond donors (Lipinski definition) is 1. The van der Waals surface area contributed by atoms with Crippen LogP contribution in [0.4, 0.5) is 10.1 Å². The quantitative estimate of drug-likeness (QED) is 0.911. The number of amides is 1. The molecule has 1 amide bonds. The maximum absolute atomic E-state index is 13.9. The number of likely N-dealkylation sites (tertiary alicyclic amines) is 1. The lowest BCUT2D eigenvalue weighted by Gasteiger charge is -2.22. The Balaban J connectivity index is 2.21. The average molecular weight is 278 g/mol. The lowest BCUT2D eigenvalue weighted by Crippen LogP contribution is -2.32. The molecule has 1 saturated heterocycles. The highest BCUT2D eigenvalue weighted by atomic mass is 19.1. The van der Waals surface area contributed by atoms with Gasteiger partial charge in [0, 0.05) is 19.6 Å². The van der Waals surface area contributed by atoms with Gasteiger partial charge in [0.2, 0.25) is 0 Å². The first kappa shape index (κ1) is 14.8. The molecule has 0 saturated carbocycles. The molecular weight excluding hydrogens is 255 g/mol. The van der Waals surface area contributed by atoms with Crippen LogP contribution in [0.3, 0.4) is 0 Å². The first-order valence-electron chi connectivity index (χ1n) is 7.55. The molecule has 0 radical (unpaired) electrons.